The molecule has 0 bridgehead atoms. The number of nitrogens with zero attached hydrogens (tertiary/aromatic N) is 1. The lowest BCUT2D eigenvalue weighted by molar-refractivity contribution is -0.122. The van der Waals surface area contributed by atoms with Crippen LogP contribution in [0.15, 0.2) is 30.5 Å². The summed E-state index contributed by atoms with van der Waals surface area (Å²) in [6.07, 6.45) is 8.44. The third-order valence-electron chi connectivity index (χ3n) is 6.51. The molecule has 138 valence electrons. The lowest BCUT2D eigenvalue weighted by Gasteiger charge is -2.21. The molecule has 1 aromatic heterocycles. The fourth-order valence-electron chi connectivity index (χ4n) is 4.88. The maximum absolute atomic E-state index is 12.3. The molecule has 0 radical (unpaired) electrons. The van der Waals surface area contributed by atoms with Gasteiger partial charge in [-0.15, -0.1) is 0 Å². The topological polar surface area (TPSA) is 57.8 Å². The molecule has 2 aliphatic carbocycles. The average molecular weight is 372 g/mol. The first-order valence-electron chi connectivity index (χ1n) is 9.67. The van der Waals surface area contributed by atoms with Crippen LogP contribution in [0.3, 0.4) is 0 Å². The van der Waals surface area contributed by atoms with Crippen molar-refractivity contribution in [3.63, 3.8) is 0 Å². The number of fused-ring (bicyclic) bond motifs is 1. The number of H-pyrrole nitrogens is 1. The SMILES string of the molecule is CCC12CC1CCC2CC(=O)NCCc1cnc(-c2ccc(Cl)cc2)[nH]1. The van der Waals surface area contributed by atoms with Gasteiger partial charge in [-0.3, -0.25) is 4.79 Å². The van der Waals surface area contributed by atoms with Crippen LogP contribution in [0.25, 0.3) is 11.4 Å². The molecule has 1 amide bonds. The van der Waals surface area contributed by atoms with Crippen molar-refractivity contribution < 1.29 is 4.79 Å². The number of imidazole rings is 1. The van der Waals surface area contributed by atoms with Crippen LogP contribution in [0, 0.1) is 17.3 Å². The van der Waals surface area contributed by atoms with Crippen molar-refractivity contribution in [3.05, 3.63) is 41.2 Å². The molecular weight excluding hydrogens is 346 g/mol. The summed E-state index contributed by atoms with van der Waals surface area (Å²) in [6, 6.07) is 7.61. The molecule has 26 heavy (non-hydrogen) atoms. The maximum atomic E-state index is 12.3. The number of hydrogen-bond acceptors (Lipinski definition) is 2. The maximum Gasteiger partial charge on any atom is 0.220 e. The van der Waals surface area contributed by atoms with Gasteiger partial charge in [0, 0.05) is 41.9 Å². The lowest BCUT2D eigenvalue weighted by atomic mass is 9.85. The van der Waals surface area contributed by atoms with Crippen LogP contribution < -0.4 is 5.32 Å². The van der Waals surface area contributed by atoms with Gasteiger partial charge in [0.25, 0.3) is 0 Å². The molecule has 0 saturated heterocycles. The summed E-state index contributed by atoms with van der Waals surface area (Å²) in [4.78, 5) is 20.1. The van der Waals surface area contributed by atoms with E-state index in [4.69, 9.17) is 11.6 Å². The smallest absolute Gasteiger partial charge is 0.220 e. The number of halogens is 1. The summed E-state index contributed by atoms with van der Waals surface area (Å²) in [5, 5.41) is 3.81. The zero-order chi connectivity index (χ0) is 18.1. The fraction of sp³-hybridized carbons (Fsp3) is 0.524. The molecule has 1 heterocycles. The number of carbonyl (C=O) groups excluding carboxylic acids is 1. The molecule has 4 rings (SSSR count). The van der Waals surface area contributed by atoms with E-state index in [1.54, 1.807) is 0 Å². The highest BCUT2D eigenvalue weighted by atomic mass is 35.5. The van der Waals surface area contributed by atoms with E-state index >= 15 is 0 Å². The molecule has 3 unspecified atom stereocenters. The van der Waals surface area contributed by atoms with Crippen molar-refractivity contribution in [3.8, 4) is 11.4 Å². The molecule has 5 heteroatoms. The number of rotatable bonds is 7. The number of nitrogens with one attached hydrogen (secondary N) is 2. The Morgan fingerprint density at radius 1 is 1.35 bits per heavy atom. The Kier molecular flexibility index (Phi) is 4.78. The van der Waals surface area contributed by atoms with E-state index in [0.717, 1.165) is 29.4 Å². The van der Waals surface area contributed by atoms with Crippen molar-refractivity contribution in [2.45, 2.75) is 45.4 Å². The summed E-state index contributed by atoms with van der Waals surface area (Å²) in [5.41, 5.74) is 2.55. The summed E-state index contributed by atoms with van der Waals surface area (Å²) in [7, 11) is 0. The fourth-order valence-corrected chi connectivity index (χ4v) is 5.01. The number of benzene rings is 1. The van der Waals surface area contributed by atoms with Gasteiger partial charge in [-0.25, -0.2) is 4.98 Å². The van der Waals surface area contributed by atoms with Gasteiger partial charge in [0.15, 0.2) is 0 Å². The van der Waals surface area contributed by atoms with E-state index in [1.165, 1.54) is 25.7 Å². The molecule has 3 atom stereocenters. The quantitative estimate of drug-likeness (QED) is 0.746. The molecule has 2 aromatic rings. The van der Waals surface area contributed by atoms with Crippen LogP contribution in [0.4, 0.5) is 0 Å². The van der Waals surface area contributed by atoms with Crippen LogP contribution >= 0.6 is 11.6 Å². The first-order valence-corrected chi connectivity index (χ1v) is 10.0. The number of aromatic amines is 1. The van der Waals surface area contributed by atoms with E-state index in [0.29, 0.717) is 29.3 Å². The summed E-state index contributed by atoms with van der Waals surface area (Å²) >= 11 is 5.92. The highest BCUT2D eigenvalue weighted by Gasteiger charge is 2.60. The first-order chi connectivity index (χ1) is 12.6. The Balaban J connectivity index is 1.25. The van der Waals surface area contributed by atoms with Crippen molar-refractivity contribution in [1.82, 2.24) is 15.3 Å². The van der Waals surface area contributed by atoms with Crippen LogP contribution in [-0.4, -0.2) is 22.4 Å². The average Bonchev–Trinajstić information content (AvgIpc) is 2.99. The van der Waals surface area contributed by atoms with Gasteiger partial charge in [0.05, 0.1) is 0 Å². The van der Waals surface area contributed by atoms with Gasteiger partial charge in [-0.2, -0.15) is 0 Å². The van der Waals surface area contributed by atoms with Gasteiger partial charge in [0.2, 0.25) is 5.91 Å². The van der Waals surface area contributed by atoms with Gasteiger partial charge >= 0.3 is 0 Å². The Hall–Kier alpha value is -1.81. The third-order valence-corrected chi connectivity index (χ3v) is 6.76. The second-order valence-corrected chi connectivity index (χ2v) is 8.27. The zero-order valence-corrected chi connectivity index (χ0v) is 16.0. The number of carbonyl (C=O) groups is 1. The molecule has 4 nitrogen and oxygen atoms in total. The predicted molar refractivity (Wildman–Crippen MR) is 104 cm³/mol. The van der Waals surface area contributed by atoms with E-state index in [9.17, 15) is 4.79 Å². The zero-order valence-electron chi connectivity index (χ0n) is 15.2. The molecule has 2 saturated carbocycles. The Morgan fingerprint density at radius 3 is 2.88 bits per heavy atom. The second kappa shape index (κ2) is 7.07. The number of amides is 1. The third kappa shape index (κ3) is 3.39. The van der Waals surface area contributed by atoms with Gasteiger partial charge < -0.3 is 10.3 Å². The highest BCUT2D eigenvalue weighted by Crippen LogP contribution is 2.69. The Labute approximate surface area is 159 Å². The number of hydrogen-bond donors (Lipinski definition) is 2. The van der Waals surface area contributed by atoms with Crippen LogP contribution in [-0.2, 0) is 11.2 Å². The predicted octanol–water partition coefficient (Wildman–Crippen LogP) is 4.61. The van der Waals surface area contributed by atoms with Crippen LogP contribution in [0.2, 0.25) is 5.02 Å². The van der Waals surface area contributed by atoms with Crippen molar-refractivity contribution in [2.75, 3.05) is 6.54 Å². The Bertz CT molecular complexity index is 781. The molecule has 1 aromatic carbocycles. The van der Waals surface area contributed by atoms with E-state index in [2.05, 4.69) is 22.2 Å². The standard InChI is InChI=1S/C21H26ClN3O/c1-2-21-12-16(21)6-5-15(21)11-19(26)23-10-9-18-13-24-20(25-18)14-3-7-17(22)8-4-14/h3-4,7-8,13,15-16H,2,5-6,9-12H2,1H3,(H,23,26)(H,24,25). The van der Waals surface area contributed by atoms with Crippen molar-refractivity contribution in [2.24, 2.45) is 17.3 Å². The largest absolute Gasteiger partial charge is 0.356 e. The minimum Gasteiger partial charge on any atom is -0.356 e. The van der Waals surface area contributed by atoms with Crippen molar-refractivity contribution in [1.29, 1.82) is 0 Å². The minimum atomic E-state index is 0.202. The molecule has 2 fully saturated rings. The van der Waals surface area contributed by atoms with Crippen LogP contribution in [0.5, 0.6) is 0 Å². The van der Waals surface area contributed by atoms with Gasteiger partial charge in [0.1, 0.15) is 5.82 Å². The lowest BCUT2D eigenvalue weighted by Crippen LogP contribution is -2.29. The van der Waals surface area contributed by atoms with Crippen LogP contribution in [0.1, 0.15) is 44.7 Å². The van der Waals surface area contributed by atoms with E-state index in [1.807, 2.05) is 30.5 Å². The number of aromatic nitrogens is 2. The summed E-state index contributed by atoms with van der Waals surface area (Å²) in [5.74, 6) is 2.54. The normalized spacial score (nSPS) is 26.5. The van der Waals surface area contributed by atoms with E-state index in [-0.39, 0.29) is 5.91 Å². The molecular formula is C21H26ClN3O. The highest BCUT2D eigenvalue weighted by molar-refractivity contribution is 6.30. The van der Waals surface area contributed by atoms with Gasteiger partial charge in [-0.05, 0) is 67.2 Å². The monoisotopic (exact) mass is 371 g/mol. The first kappa shape index (κ1) is 17.6. The summed E-state index contributed by atoms with van der Waals surface area (Å²) < 4.78 is 0. The van der Waals surface area contributed by atoms with E-state index < -0.39 is 0 Å². The Morgan fingerprint density at radius 2 is 2.15 bits per heavy atom. The van der Waals surface area contributed by atoms with Crippen molar-refractivity contribution >= 4 is 17.5 Å². The molecule has 0 spiro atoms. The van der Waals surface area contributed by atoms with Gasteiger partial charge in [-0.1, -0.05) is 18.5 Å². The molecule has 0 aliphatic heterocycles. The molecule has 2 aliphatic rings. The summed E-state index contributed by atoms with van der Waals surface area (Å²) in [6.45, 7) is 2.93. The second-order valence-electron chi connectivity index (χ2n) is 7.83. The minimum absolute atomic E-state index is 0.202. The molecule has 2 N–H and O–H groups in total.